The number of ether oxygens (including phenoxy) is 1. The third-order valence-corrected chi connectivity index (χ3v) is 10.3. The van der Waals surface area contributed by atoms with Gasteiger partial charge >= 0.3 is 0 Å². The number of carbonyl (C=O) groups excluding carboxylic acids is 1. The summed E-state index contributed by atoms with van der Waals surface area (Å²) in [6.07, 6.45) is 0.871. The number of nitrogens with two attached hydrogens (primary N) is 1. The molecule has 9 heteroatoms. The highest BCUT2D eigenvalue weighted by molar-refractivity contribution is 8.00. The molecule has 1 amide bonds. The quantitative estimate of drug-likeness (QED) is 0.159. The first kappa shape index (κ1) is 25.7. The van der Waals surface area contributed by atoms with E-state index in [0.717, 1.165) is 16.6 Å². The second kappa shape index (κ2) is 11.3. The van der Waals surface area contributed by atoms with Crippen molar-refractivity contribution in [2.45, 2.75) is 22.1 Å². The van der Waals surface area contributed by atoms with E-state index in [2.05, 4.69) is 71.0 Å². The number of thioether (sulfide) groups is 2. The molecule has 39 heavy (non-hydrogen) atoms. The van der Waals surface area contributed by atoms with Crippen molar-refractivity contribution < 1.29 is 9.53 Å². The van der Waals surface area contributed by atoms with E-state index in [9.17, 15) is 4.79 Å². The van der Waals surface area contributed by atoms with E-state index in [1.807, 2.05) is 30.0 Å². The van der Waals surface area contributed by atoms with Crippen molar-refractivity contribution in [3.63, 3.8) is 0 Å². The summed E-state index contributed by atoms with van der Waals surface area (Å²) in [5.74, 6) is 1.18. The normalized spacial score (nSPS) is 16.5. The van der Waals surface area contributed by atoms with Gasteiger partial charge in [0.25, 0.3) is 0 Å². The summed E-state index contributed by atoms with van der Waals surface area (Å²) in [6, 6.07) is 28.5. The summed E-state index contributed by atoms with van der Waals surface area (Å²) in [5, 5.41) is 4.83. The predicted octanol–water partition coefficient (Wildman–Crippen LogP) is 7.13. The summed E-state index contributed by atoms with van der Waals surface area (Å²) < 4.78 is 5.23. The molecule has 196 valence electrons. The average Bonchev–Trinajstić information content (AvgIpc) is 3.35. The van der Waals surface area contributed by atoms with Gasteiger partial charge in [-0.1, -0.05) is 78.5 Å². The molecular weight excluding hydrogens is 545 g/mol. The van der Waals surface area contributed by atoms with Crippen molar-refractivity contribution >= 4 is 62.5 Å². The fourth-order valence-corrected chi connectivity index (χ4v) is 8.50. The Morgan fingerprint density at radius 2 is 1.77 bits per heavy atom. The van der Waals surface area contributed by atoms with Gasteiger partial charge in [-0.25, -0.2) is 9.97 Å². The summed E-state index contributed by atoms with van der Waals surface area (Å²) in [4.78, 5) is 24.2. The molecule has 5 aromatic rings. The minimum absolute atomic E-state index is 0.146. The van der Waals surface area contributed by atoms with Crippen molar-refractivity contribution in [2.75, 3.05) is 23.9 Å². The fraction of sp³-hybridized carbons (Fsp3) is 0.167. The smallest absolute Gasteiger partial charge is 0.234 e. The highest BCUT2D eigenvalue weighted by atomic mass is 32.2. The molecule has 1 aliphatic heterocycles. The topological polar surface area (TPSA) is 90.1 Å². The maximum Gasteiger partial charge on any atom is 0.234 e. The first-order valence-electron chi connectivity index (χ1n) is 12.5. The monoisotopic (exact) mass is 570 g/mol. The molecule has 0 radical (unpaired) electrons. The summed E-state index contributed by atoms with van der Waals surface area (Å²) in [5.41, 5.74) is 11.1. The Bertz CT molecular complexity index is 1630. The lowest BCUT2D eigenvalue weighted by Gasteiger charge is -2.30. The Labute approximate surface area is 239 Å². The Morgan fingerprint density at radius 1 is 1.03 bits per heavy atom. The van der Waals surface area contributed by atoms with Gasteiger partial charge in [0.05, 0.1) is 23.5 Å². The zero-order valence-corrected chi connectivity index (χ0v) is 23.6. The lowest BCUT2D eigenvalue weighted by atomic mass is 9.98. The van der Waals surface area contributed by atoms with E-state index >= 15 is 0 Å². The van der Waals surface area contributed by atoms with E-state index in [4.69, 9.17) is 15.5 Å². The maximum absolute atomic E-state index is 12.6. The minimum atomic E-state index is -0.146. The van der Waals surface area contributed by atoms with Gasteiger partial charge in [0.2, 0.25) is 5.91 Å². The highest BCUT2D eigenvalue weighted by Crippen LogP contribution is 2.55. The van der Waals surface area contributed by atoms with Crippen molar-refractivity contribution in [2.24, 2.45) is 0 Å². The molecule has 0 aliphatic carbocycles. The number of methoxy groups -OCH3 is 1. The Kier molecular flexibility index (Phi) is 7.45. The molecule has 6 nitrogen and oxygen atoms in total. The van der Waals surface area contributed by atoms with Crippen LogP contribution in [0.2, 0.25) is 0 Å². The first-order chi connectivity index (χ1) is 19.1. The Hall–Kier alpha value is -3.53. The molecule has 0 fully saturated rings. The number of nitrogens with zero attached hydrogens (tertiary/aromatic N) is 2. The van der Waals surface area contributed by atoms with Crippen LogP contribution in [0.5, 0.6) is 5.75 Å². The number of anilines is 2. The molecule has 0 unspecified atom stereocenters. The largest absolute Gasteiger partial charge is 0.497 e. The Morgan fingerprint density at radius 3 is 2.51 bits per heavy atom. The van der Waals surface area contributed by atoms with Gasteiger partial charge in [0.1, 0.15) is 16.4 Å². The summed E-state index contributed by atoms with van der Waals surface area (Å²) in [6.45, 7) is 0. The van der Waals surface area contributed by atoms with E-state index < -0.39 is 0 Å². The van der Waals surface area contributed by atoms with E-state index in [1.54, 1.807) is 24.5 Å². The summed E-state index contributed by atoms with van der Waals surface area (Å²) >= 11 is 4.95. The molecule has 1 aliphatic rings. The van der Waals surface area contributed by atoms with Crippen LogP contribution in [0.3, 0.4) is 0 Å². The second-order valence-electron chi connectivity index (χ2n) is 9.12. The summed E-state index contributed by atoms with van der Waals surface area (Å²) in [7, 11) is 1.60. The molecule has 2 aromatic heterocycles. The first-order valence-corrected chi connectivity index (χ1v) is 15.2. The van der Waals surface area contributed by atoms with Crippen LogP contribution in [0.25, 0.3) is 10.2 Å². The number of hydrogen-bond acceptors (Lipinski definition) is 8. The van der Waals surface area contributed by atoms with Gasteiger partial charge in [0, 0.05) is 21.9 Å². The number of rotatable bonds is 7. The molecule has 2 atom stereocenters. The third kappa shape index (κ3) is 5.48. The number of aromatic nitrogens is 2. The van der Waals surface area contributed by atoms with Crippen molar-refractivity contribution in [1.29, 1.82) is 0 Å². The van der Waals surface area contributed by atoms with Crippen molar-refractivity contribution in [3.8, 4) is 5.75 Å². The number of fused-ring (bicyclic) bond motifs is 3. The van der Waals surface area contributed by atoms with E-state index in [-0.39, 0.29) is 16.9 Å². The fourth-order valence-electron chi connectivity index (χ4n) is 4.77. The minimum Gasteiger partial charge on any atom is -0.497 e. The molecule has 3 N–H and O–H groups in total. The number of hydrogen-bond donors (Lipinski definition) is 2. The maximum atomic E-state index is 12.6. The van der Waals surface area contributed by atoms with Crippen LogP contribution in [0.1, 0.15) is 32.1 Å². The number of benzene rings is 3. The van der Waals surface area contributed by atoms with Crippen LogP contribution in [0.4, 0.5) is 11.5 Å². The van der Waals surface area contributed by atoms with Crippen LogP contribution < -0.4 is 15.8 Å². The van der Waals surface area contributed by atoms with Gasteiger partial charge in [-0.2, -0.15) is 0 Å². The zero-order valence-electron chi connectivity index (χ0n) is 21.2. The van der Waals surface area contributed by atoms with Crippen LogP contribution >= 0.6 is 34.9 Å². The van der Waals surface area contributed by atoms with Crippen LogP contribution in [-0.2, 0) is 11.2 Å². The molecule has 0 saturated heterocycles. The molecule has 6 rings (SSSR count). The van der Waals surface area contributed by atoms with Gasteiger partial charge in [-0.15, -0.1) is 23.1 Å². The number of thiophene rings is 1. The lowest BCUT2D eigenvalue weighted by Crippen LogP contribution is -2.14. The third-order valence-electron chi connectivity index (χ3n) is 6.58. The molecule has 0 bridgehead atoms. The molecule has 0 saturated carbocycles. The Balaban J connectivity index is 1.29. The number of nitrogen functional groups attached to an aromatic ring is 1. The lowest BCUT2D eigenvalue weighted by molar-refractivity contribution is -0.113. The second-order valence-corrected chi connectivity index (χ2v) is 12.4. The number of amides is 1. The SMILES string of the molecule is COc1cccc(NC(=O)CSc2nc(N)c3c4c(sc3n2)[C@H](c2ccccc2)S[C@H](c2ccccc2)C4)c1. The number of carbonyl (C=O) groups is 1. The number of nitrogens with one attached hydrogen (secondary N) is 1. The van der Waals surface area contributed by atoms with Crippen LogP contribution in [0.15, 0.2) is 90.1 Å². The van der Waals surface area contributed by atoms with E-state index in [0.29, 0.717) is 27.7 Å². The van der Waals surface area contributed by atoms with Gasteiger partial charge < -0.3 is 15.8 Å². The molecule has 3 heterocycles. The average molecular weight is 571 g/mol. The zero-order chi connectivity index (χ0) is 26.8. The van der Waals surface area contributed by atoms with Gasteiger partial charge in [-0.3, -0.25) is 4.79 Å². The van der Waals surface area contributed by atoms with Gasteiger partial charge in [0.15, 0.2) is 5.16 Å². The van der Waals surface area contributed by atoms with E-state index in [1.165, 1.54) is 33.3 Å². The van der Waals surface area contributed by atoms with Crippen molar-refractivity contribution in [1.82, 2.24) is 9.97 Å². The van der Waals surface area contributed by atoms with Crippen LogP contribution in [0, 0.1) is 0 Å². The predicted molar refractivity (Wildman–Crippen MR) is 163 cm³/mol. The molecular formula is C30H26N4O2S3. The highest BCUT2D eigenvalue weighted by Gasteiger charge is 2.34. The van der Waals surface area contributed by atoms with Gasteiger partial charge in [-0.05, 0) is 35.2 Å². The molecule has 0 spiro atoms. The van der Waals surface area contributed by atoms with Crippen molar-refractivity contribution in [3.05, 3.63) is 106 Å². The molecule has 3 aromatic carbocycles. The van der Waals surface area contributed by atoms with Crippen LogP contribution in [-0.4, -0.2) is 28.7 Å². The standard InChI is InChI=1S/C30H26N4O2S3/c1-36-21-14-8-13-20(15-21)32-24(35)17-37-30-33-28(31)25-22-16-23(18-9-4-2-5-10-18)38-26(19-11-6-3-7-12-19)27(22)39-29(25)34-30/h2-15,23,26H,16-17H2,1H3,(H,32,35)(H2,31,33,34)/t23-,26-/m0/s1.